The van der Waals surface area contributed by atoms with Crippen molar-refractivity contribution in [2.24, 2.45) is 0 Å². The SMILES string of the molecule is Cc1c[n+](N)c(C)c2cccc(N(C)C)c12.Cc1cc(C)c(S(=O)(=O)[O-])c(C)c1. The number of nitrogens with zero attached hydrogens (tertiary/aromatic N) is 2. The van der Waals surface area contributed by atoms with Gasteiger partial charge in [-0.3, -0.25) is 0 Å². The fourth-order valence-electron chi connectivity index (χ4n) is 3.70. The Labute approximate surface area is 173 Å². The first kappa shape index (κ1) is 22.6. The summed E-state index contributed by atoms with van der Waals surface area (Å²) in [6.45, 7) is 9.26. The number of hydrogen-bond donors (Lipinski definition) is 1. The molecule has 6 nitrogen and oxygen atoms in total. The van der Waals surface area contributed by atoms with E-state index in [1.54, 1.807) is 30.7 Å². The Hall–Kier alpha value is -2.64. The topological polar surface area (TPSA) is 90.3 Å². The molecule has 3 aromatic rings. The molecule has 0 radical (unpaired) electrons. The zero-order valence-corrected chi connectivity index (χ0v) is 18.9. The summed E-state index contributed by atoms with van der Waals surface area (Å²) in [5, 5.41) is 2.50. The third-order valence-corrected chi connectivity index (χ3v) is 6.03. The molecule has 0 spiro atoms. The number of nitrogens with two attached hydrogens (primary N) is 1. The van der Waals surface area contributed by atoms with Crippen LogP contribution in [0, 0.1) is 34.6 Å². The summed E-state index contributed by atoms with van der Waals surface area (Å²) in [6, 6.07) is 9.71. The summed E-state index contributed by atoms with van der Waals surface area (Å²) in [7, 11) is -0.206. The molecule has 0 aliphatic carbocycles. The van der Waals surface area contributed by atoms with Crippen molar-refractivity contribution < 1.29 is 17.6 Å². The van der Waals surface area contributed by atoms with Crippen LogP contribution in [0.2, 0.25) is 0 Å². The molecule has 1 heterocycles. The first-order valence-electron chi connectivity index (χ1n) is 9.25. The van der Waals surface area contributed by atoms with Crippen molar-refractivity contribution in [2.75, 3.05) is 24.8 Å². The van der Waals surface area contributed by atoms with Gasteiger partial charge in [0.2, 0.25) is 11.9 Å². The average molecular weight is 416 g/mol. The molecule has 7 heteroatoms. The van der Waals surface area contributed by atoms with E-state index in [-0.39, 0.29) is 4.90 Å². The quantitative estimate of drug-likeness (QED) is 0.395. The number of rotatable bonds is 2. The van der Waals surface area contributed by atoms with Crippen molar-refractivity contribution in [3.8, 4) is 0 Å². The van der Waals surface area contributed by atoms with E-state index in [1.807, 2.05) is 20.0 Å². The van der Waals surface area contributed by atoms with Gasteiger partial charge in [-0.05, 0) is 51.0 Å². The summed E-state index contributed by atoms with van der Waals surface area (Å²) in [5.41, 5.74) is 5.53. The standard InChI is InChI=1S/C13H18N3.C9H12O3S/c1-9-8-16(14)10(2)11-6-5-7-12(13(9)11)15(3)4;1-6-4-7(2)9(8(3)5-6)13(10,11)12/h5-8H,14H2,1-4H3;4-5H,1-3H3,(H,10,11,12)/q+1;/p-1. The lowest BCUT2D eigenvalue weighted by atomic mass is 10.0. The van der Waals surface area contributed by atoms with Crippen molar-refractivity contribution in [1.29, 1.82) is 0 Å². The predicted octanol–water partition coefficient (Wildman–Crippen LogP) is 3.04. The van der Waals surface area contributed by atoms with Crippen molar-refractivity contribution >= 4 is 26.6 Å². The smallest absolute Gasteiger partial charge is 0.216 e. The van der Waals surface area contributed by atoms with Gasteiger partial charge in [0, 0.05) is 37.7 Å². The number of nitrogen functional groups attached to an aromatic ring is 1. The van der Waals surface area contributed by atoms with Crippen molar-refractivity contribution in [2.45, 2.75) is 39.5 Å². The van der Waals surface area contributed by atoms with Crippen LogP contribution in [0.3, 0.4) is 0 Å². The second-order valence-corrected chi connectivity index (χ2v) is 8.90. The summed E-state index contributed by atoms with van der Waals surface area (Å²) in [4.78, 5) is 2.05. The first-order valence-corrected chi connectivity index (χ1v) is 10.7. The predicted molar refractivity (Wildman–Crippen MR) is 117 cm³/mol. The number of benzene rings is 2. The van der Waals surface area contributed by atoms with Crippen LogP contribution in [0.5, 0.6) is 0 Å². The fraction of sp³-hybridized carbons (Fsp3) is 0.318. The molecule has 0 amide bonds. The Morgan fingerprint density at radius 1 is 0.966 bits per heavy atom. The molecule has 156 valence electrons. The maximum absolute atomic E-state index is 10.8. The number of aromatic nitrogens is 1. The zero-order chi connectivity index (χ0) is 22.1. The molecular formula is C22H29N3O3S. The van der Waals surface area contributed by atoms with Crippen LogP contribution in [0.1, 0.15) is 27.9 Å². The summed E-state index contributed by atoms with van der Waals surface area (Å²) in [6.07, 6.45) is 1.98. The maximum atomic E-state index is 10.8. The van der Waals surface area contributed by atoms with Gasteiger partial charge in [-0.15, -0.1) is 0 Å². The average Bonchev–Trinajstić information content (AvgIpc) is 2.57. The zero-order valence-electron chi connectivity index (χ0n) is 18.1. The van der Waals surface area contributed by atoms with Crippen LogP contribution in [-0.2, 0) is 10.1 Å². The van der Waals surface area contributed by atoms with Gasteiger partial charge in [-0.2, -0.15) is 0 Å². The van der Waals surface area contributed by atoms with E-state index in [1.165, 1.54) is 22.0 Å². The van der Waals surface area contributed by atoms with Crippen molar-refractivity contribution in [3.63, 3.8) is 0 Å². The summed E-state index contributed by atoms with van der Waals surface area (Å²) < 4.78 is 34.2. The van der Waals surface area contributed by atoms with Gasteiger partial charge >= 0.3 is 0 Å². The Balaban J connectivity index is 0.000000212. The molecule has 0 saturated carbocycles. The van der Waals surface area contributed by atoms with E-state index in [9.17, 15) is 13.0 Å². The molecule has 2 N–H and O–H groups in total. The van der Waals surface area contributed by atoms with Gasteiger partial charge in [-0.25, -0.2) is 14.3 Å². The van der Waals surface area contributed by atoms with Crippen LogP contribution in [-0.4, -0.2) is 27.1 Å². The molecule has 0 unspecified atom stereocenters. The second-order valence-electron chi connectivity index (χ2n) is 7.58. The minimum Gasteiger partial charge on any atom is -0.744 e. The molecule has 3 rings (SSSR count). The molecule has 0 aliphatic rings. The minimum absolute atomic E-state index is 0.0851. The summed E-state index contributed by atoms with van der Waals surface area (Å²) in [5.74, 6) is 5.92. The molecule has 0 atom stereocenters. The highest BCUT2D eigenvalue weighted by molar-refractivity contribution is 7.85. The molecular weight excluding hydrogens is 386 g/mol. The van der Waals surface area contributed by atoms with E-state index < -0.39 is 10.1 Å². The van der Waals surface area contributed by atoms with Crippen molar-refractivity contribution in [3.05, 3.63) is 64.5 Å². The van der Waals surface area contributed by atoms with E-state index in [0.717, 1.165) is 11.3 Å². The van der Waals surface area contributed by atoms with Gasteiger partial charge in [0.05, 0.1) is 10.3 Å². The van der Waals surface area contributed by atoms with Gasteiger partial charge in [0.1, 0.15) is 10.1 Å². The van der Waals surface area contributed by atoms with Gasteiger partial charge in [0.25, 0.3) is 0 Å². The highest BCUT2D eigenvalue weighted by Crippen LogP contribution is 2.28. The number of fused-ring (bicyclic) bond motifs is 1. The Bertz CT molecular complexity index is 1150. The monoisotopic (exact) mass is 415 g/mol. The largest absolute Gasteiger partial charge is 0.744 e. The number of hydrogen-bond acceptors (Lipinski definition) is 5. The Kier molecular flexibility index (Phi) is 6.55. The highest BCUT2D eigenvalue weighted by atomic mass is 32.2. The normalized spacial score (nSPS) is 11.2. The summed E-state index contributed by atoms with van der Waals surface area (Å²) >= 11 is 0. The molecule has 0 aliphatic heterocycles. The minimum atomic E-state index is -4.33. The molecule has 2 aromatic carbocycles. The number of pyridine rings is 1. The third kappa shape index (κ3) is 4.86. The number of anilines is 1. The third-order valence-electron chi connectivity index (χ3n) is 4.88. The van der Waals surface area contributed by atoms with Gasteiger partial charge in [0.15, 0.2) is 0 Å². The van der Waals surface area contributed by atoms with E-state index in [0.29, 0.717) is 11.1 Å². The van der Waals surface area contributed by atoms with Crippen LogP contribution in [0.25, 0.3) is 10.8 Å². The van der Waals surface area contributed by atoms with Crippen LogP contribution < -0.4 is 15.4 Å². The van der Waals surface area contributed by atoms with Crippen LogP contribution in [0.4, 0.5) is 5.69 Å². The van der Waals surface area contributed by atoms with Gasteiger partial charge < -0.3 is 9.45 Å². The molecule has 0 saturated heterocycles. The van der Waals surface area contributed by atoms with Gasteiger partial charge in [-0.1, -0.05) is 28.4 Å². The lowest BCUT2D eigenvalue weighted by Crippen LogP contribution is -2.47. The lowest BCUT2D eigenvalue weighted by molar-refractivity contribution is -0.644. The fourth-order valence-corrected chi connectivity index (χ4v) is 4.61. The van der Waals surface area contributed by atoms with Crippen LogP contribution in [0.15, 0.2) is 41.4 Å². The number of aryl methyl sites for hydroxylation is 5. The van der Waals surface area contributed by atoms with Crippen LogP contribution >= 0.6 is 0 Å². The van der Waals surface area contributed by atoms with Crippen molar-refractivity contribution in [1.82, 2.24) is 0 Å². The highest BCUT2D eigenvalue weighted by Gasteiger charge is 2.15. The maximum Gasteiger partial charge on any atom is 0.216 e. The Morgan fingerprint density at radius 2 is 1.52 bits per heavy atom. The van der Waals surface area contributed by atoms with E-state index >= 15 is 0 Å². The molecule has 0 fully saturated rings. The molecule has 29 heavy (non-hydrogen) atoms. The Morgan fingerprint density at radius 3 is 2.00 bits per heavy atom. The first-order chi connectivity index (χ1) is 13.3. The molecule has 0 bridgehead atoms. The second kappa shape index (κ2) is 8.39. The van der Waals surface area contributed by atoms with E-state index in [4.69, 9.17) is 5.84 Å². The molecule has 1 aromatic heterocycles. The lowest BCUT2D eigenvalue weighted by Gasteiger charge is -2.16. The van der Waals surface area contributed by atoms with E-state index in [2.05, 4.69) is 44.1 Å².